The van der Waals surface area contributed by atoms with E-state index in [-0.39, 0.29) is 0 Å². The molecule has 1 heterocycles. The molecule has 0 aliphatic heterocycles. The van der Waals surface area contributed by atoms with Crippen molar-refractivity contribution in [1.82, 2.24) is 9.97 Å². The molecular weight excluding hydrogens is 270 g/mol. The van der Waals surface area contributed by atoms with Crippen LogP contribution in [-0.4, -0.2) is 16.5 Å². The van der Waals surface area contributed by atoms with E-state index in [1.807, 2.05) is 31.2 Å². The Kier molecular flexibility index (Phi) is 4.61. The van der Waals surface area contributed by atoms with Gasteiger partial charge in [-0.15, -0.1) is 0 Å². The van der Waals surface area contributed by atoms with Crippen molar-refractivity contribution in [3.8, 4) is 11.4 Å². The zero-order valence-electron chi connectivity index (χ0n) is 12.4. The Morgan fingerprint density at radius 2 is 1.80 bits per heavy atom. The molecule has 106 valence electrons. The van der Waals surface area contributed by atoms with E-state index in [2.05, 4.69) is 36.1 Å². The minimum absolute atomic E-state index is 0.392. The van der Waals surface area contributed by atoms with Crippen molar-refractivity contribution in [3.05, 3.63) is 40.5 Å². The monoisotopic (exact) mass is 289 g/mol. The molecule has 0 radical (unpaired) electrons. The molecule has 20 heavy (non-hydrogen) atoms. The second-order valence-electron chi connectivity index (χ2n) is 5.09. The standard InChI is InChI=1S/C16H20ClN3/c1-5-18-16-14(10(2)3)11(4)19-15(20-16)12-6-8-13(17)9-7-12/h6-10H,5H2,1-4H3,(H,18,19,20). The van der Waals surface area contributed by atoms with Gasteiger partial charge in [0.15, 0.2) is 5.82 Å². The third-order valence-corrected chi connectivity index (χ3v) is 3.41. The molecule has 0 atom stereocenters. The number of aryl methyl sites for hydroxylation is 1. The summed E-state index contributed by atoms with van der Waals surface area (Å²) >= 11 is 5.93. The van der Waals surface area contributed by atoms with Crippen LogP contribution < -0.4 is 5.32 Å². The third kappa shape index (κ3) is 3.10. The number of aromatic nitrogens is 2. The summed E-state index contributed by atoms with van der Waals surface area (Å²) in [7, 11) is 0. The van der Waals surface area contributed by atoms with Crippen molar-refractivity contribution < 1.29 is 0 Å². The number of benzene rings is 1. The van der Waals surface area contributed by atoms with Crippen molar-refractivity contribution in [2.24, 2.45) is 0 Å². The molecule has 1 aromatic heterocycles. The lowest BCUT2D eigenvalue weighted by molar-refractivity contribution is 0.831. The Bertz CT molecular complexity index is 591. The van der Waals surface area contributed by atoms with Gasteiger partial charge in [-0.2, -0.15) is 0 Å². The van der Waals surface area contributed by atoms with E-state index >= 15 is 0 Å². The molecule has 0 unspecified atom stereocenters. The van der Waals surface area contributed by atoms with Crippen LogP contribution in [0.25, 0.3) is 11.4 Å². The molecule has 0 aliphatic rings. The van der Waals surface area contributed by atoms with Crippen LogP contribution in [0.15, 0.2) is 24.3 Å². The van der Waals surface area contributed by atoms with Gasteiger partial charge in [-0.1, -0.05) is 25.4 Å². The average molecular weight is 290 g/mol. The summed E-state index contributed by atoms with van der Waals surface area (Å²) in [4.78, 5) is 9.32. The highest BCUT2D eigenvalue weighted by atomic mass is 35.5. The van der Waals surface area contributed by atoms with Gasteiger partial charge in [0, 0.05) is 28.4 Å². The smallest absolute Gasteiger partial charge is 0.161 e. The molecule has 2 aromatic rings. The second-order valence-corrected chi connectivity index (χ2v) is 5.52. The van der Waals surface area contributed by atoms with E-state index in [0.29, 0.717) is 5.92 Å². The van der Waals surface area contributed by atoms with Gasteiger partial charge < -0.3 is 5.32 Å². The van der Waals surface area contributed by atoms with Gasteiger partial charge in [-0.3, -0.25) is 0 Å². The quantitative estimate of drug-likeness (QED) is 0.889. The maximum Gasteiger partial charge on any atom is 0.161 e. The Labute approximate surface area is 125 Å². The molecule has 0 amide bonds. The first-order chi connectivity index (χ1) is 9.52. The van der Waals surface area contributed by atoms with Crippen LogP contribution in [0, 0.1) is 6.92 Å². The summed E-state index contributed by atoms with van der Waals surface area (Å²) in [6, 6.07) is 7.61. The molecule has 0 spiro atoms. The van der Waals surface area contributed by atoms with E-state index < -0.39 is 0 Å². The molecule has 4 heteroatoms. The van der Waals surface area contributed by atoms with Crippen molar-refractivity contribution in [2.45, 2.75) is 33.6 Å². The number of nitrogens with one attached hydrogen (secondary N) is 1. The van der Waals surface area contributed by atoms with E-state index in [1.54, 1.807) is 0 Å². The number of rotatable bonds is 4. The van der Waals surface area contributed by atoms with Crippen LogP contribution in [0.4, 0.5) is 5.82 Å². The van der Waals surface area contributed by atoms with E-state index in [1.165, 1.54) is 5.56 Å². The van der Waals surface area contributed by atoms with Crippen molar-refractivity contribution in [3.63, 3.8) is 0 Å². The number of hydrogen-bond acceptors (Lipinski definition) is 3. The predicted molar refractivity (Wildman–Crippen MR) is 85.5 cm³/mol. The van der Waals surface area contributed by atoms with Crippen molar-refractivity contribution in [1.29, 1.82) is 0 Å². The first-order valence-corrected chi connectivity index (χ1v) is 7.29. The molecule has 2 rings (SSSR count). The van der Waals surface area contributed by atoms with Gasteiger partial charge in [0.25, 0.3) is 0 Å². The second kappa shape index (κ2) is 6.23. The van der Waals surface area contributed by atoms with Crippen LogP contribution in [0.2, 0.25) is 5.02 Å². The van der Waals surface area contributed by atoms with Crippen LogP contribution in [0.3, 0.4) is 0 Å². The summed E-state index contributed by atoms with van der Waals surface area (Å²) in [5.41, 5.74) is 3.19. The van der Waals surface area contributed by atoms with Crippen molar-refractivity contribution in [2.75, 3.05) is 11.9 Å². The fraction of sp³-hybridized carbons (Fsp3) is 0.375. The average Bonchev–Trinajstić information content (AvgIpc) is 2.38. The molecule has 0 saturated heterocycles. The molecule has 0 bridgehead atoms. The lowest BCUT2D eigenvalue weighted by atomic mass is 10.0. The maximum atomic E-state index is 5.93. The van der Waals surface area contributed by atoms with Gasteiger partial charge in [-0.05, 0) is 44.0 Å². The Balaban J connectivity index is 2.53. The first kappa shape index (κ1) is 14.8. The zero-order chi connectivity index (χ0) is 14.7. The van der Waals surface area contributed by atoms with Crippen LogP contribution in [0.5, 0.6) is 0 Å². The predicted octanol–water partition coefficient (Wildman–Crippen LogP) is 4.66. The number of nitrogens with zero attached hydrogens (tertiary/aromatic N) is 2. The van der Waals surface area contributed by atoms with E-state index in [4.69, 9.17) is 11.6 Å². The molecule has 0 fully saturated rings. The lowest BCUT2D eigenvalue weighted by Gasteiger charge is -2.16. The lowest BCUT2D eigenvalue weighted by Crippen LogP contribution is -2.09. The zero-order valence-corrected chi connectivity index (χ0v) is 13.1. The van der Waals surface area contributed by atoms with Gasteiger partial charge in [-0.25, -0.2) is 9.97 Å². The largest absolute Gasteiger partial charge is 0.370 e. The Hall–Kier alpha value is -1.61. The van der Waals surface area contributed by atoms with E-state index in [0.717, 1.165) is 34.5 Å². The highest BCUT2D eigenvalue weighted by molar-refractivity contribution is 6.30. The van der Waals surface area contributed by atoms with Gasteiger partial charge in [0.2, 0.25) is 0 Å². The fourth-order valence-corrected chi connectivity index (χ4v) is 2.43. The van der Waals surface area contributed by atoms with E-state index in [9.17, 15) is 0 Å². The number of halogens is 1. The summed E-state index contributed by atoms with van der Waals surface area (Å²) in [5.74, 6) is 2.06. The van der Waals surface area contributed by atoms with Crippen LogP contribution >= 0.6 is 11.6 Å². The molecule has 0 saturated carbocycles. The fourth-order valence-electron chi connectivity index (χ4n) is 2.30. The van der Waals surface area contributed by atoms with Crippen molar-refractivity contribution >= 4 is 17.4 Å². The van der Waals surface area contributed by atoms with Crippen LogP contribution in [-0.2, 0) is 0 Å². The summed E-state index contributed by atoms with van der Waals surface area (Å²) in [6.07, 6.45) is 0. The minimum Gasteiger partial charge on any atom is -0.370 e. The number of anilines is 1. The SMILES string of the molecule is CCNc1nc(-c2ccc(Cl)cc2)nc(C)c1C(C)C. The normalized spacial score (nSPS) is 10.9. The van der Waals surface area contributed by atoms with Gasteiger partial charge >= 0.3 is 0 Å². The van der Waals surface area contributed by atoms with Gasteiger partial charge in [0.05, 0.1) is 0 Å². The topological polar surface area (TPSA) is 37.8 Å². The minimum atomic E-state index is 0.392. The molecule has 1 aromatic carbocycles. The summed E-state index contributed by atoms with van der Waals surface area (Å²) in [5, 5.41) is 4.06. The highest BCUT2D eigenvalue weighted by Crippen LogP contribution is 2.28. The highest BCUT2D eigenvalue weighted by Gasteiger charge is 2.15. The van der Waals surface area contributed by atoms with Gasteiger partial charge in [0.1, 0.15) is 5.82 Å². The first-order valence-electron chi connectivity index (χ1n) is 6.91. The molecule has 3 nitrogen and oxygen atoms in total. The van der Waals surface area contributed by atoms with Crippen LogP contribution in [0.1, 0.15) is 37.9 Å². The maximum absolute atomic E-state index is 5.93. The summed E-state index contributed by atoms with van der Waals surface area (Å²) in [6.45, 7) is 9.28. The number of hydrogen-bond donors (Lipinski definition) is 1. The summed E-state index contributed by atoms with van der Waals surface area (Å²) < 4.78 is 0. The Morgan fingerprint density at radius 1 is 1.15 bits per heavy atom. The molecule has 1 N–H and O–H groups in total. The Morgan fingerprint density at radius 3 is 2.35 bits per heavy atom. The molecular formula is C16H20ClN3. The third-order valence-electron chi connectivity index (χ3n) is 3.16. The molecule has 0 aliphatic carbocycles.